The molecule has 2 saturated heterocycles. The molecule has 2 aliphatic heterocycles. The number of hydrogen-bond acceptors (Lipinski definition) is 6. The van der Waals surface area contributed by atoms with E-state index in [4.69, 9.17) is 17.0 Å². The van der Waals surface area contributed by atoms with Gasteiger partial charge in [-0.05, 0) is 17.8 Å². The van der Waals surface area contributed by atoms with Crippen LogP contribution in [-0.2, 0) is 9.53 Å². The second-order valence-corrected chi connectivity index (χ2v) is 5.63. The van der Waals surface area contributed by atoms with Gasteiger partial charge in [0.2, 0.25) is 0 Å². The summed E-state index contributed by atoms with van der Waals surface area (Å²) in [6, 6.07) is 8.20. The smallest absolute Gasteiger partial charge is 0.253 e. The van der Waals surface area contributed by atoms with Crippen molar-refractivity contribution in [3.63, 3.8) is 0 Å². The molecule has 1 unspecified atom stereocenters. The van der Waals surface area contributed by atoms with E-state index < -0.39 is 37.2 Å². The fourth-order valence-electron chi connectivity index (χ4n) is 2.80. The highest BCUT2D eigenvalue weighted by Gasteiger charge is 2.51. The predicted octanol–water partition coefficient (Wildman–Crippen LogP) is -1.12. The predicted molar refractivity (Wildman–Crippen MR) is 79.5 cm³/mol. The summed E-state index contributed by atoms with van der Waals surface area (Å²) in [5.74, 6) is -0.325. The molecule has 1 aromatic rings. The molecule has 0 saturated carbocycles. The van der Waals surface area contributed by atoms with Crippen molar-refractivity contribution >= 4 is 23.2 Å². The quantitative estimate of drug-likeness (QED) is 0.523. The summed E-state index contributed by atoms with van der Waals surface area (Å²) in [5, 5.41) is 31.9. The fraction of sp³-hybridized carbons (Fsp3) is 0.429. The zero-order valence-electron chi connectivity index (χ0n) is 11.5. The van der Waals surface area contributed by atoms with Crippen LogP contribution in [0.3, 0.4) is 0 Å². The van der Waals surface area contributed by atoms with Crippen LogP contribution in [0.2, 0.25) is 0 Å². The number of aliphatic hydroxyl groups excluding tert-OH is 3. The molecule has 0 spiro atoms. The maximum Gasteiger partial charge on any atom is 0.253 e. The van der Waals surface area contributed by atoms with Gasteiger partial charge in [0.15, 0.2) is 11.3 Å². The first-order chi connectivity index (χ1) is 10.5. The molecule has 1 amide bonds. The molecule has 0 radical (unpaired) electrons. The van der Waals surface area contributed by atoms with E-state index in [1.54, 1.807) is 24.3 Å². The lowest BCUT2D eigenvalue weighted by Gasteiger charge is -2.31. The summed E-state index contributed by atoms with van der Waals surface area (Å²) < 4.78 is 5.49. The molecule has 4 N–H and O–H groups in total. The minimum Gasteiger partial charge on any atom is -0.394 e. The van der Waals surface area contributed by atoms with E-state index in [1.165, 1.54) is 4.90 Å². The average molecular weight is 324 g/mol. The van der Waals surface area contributed by atoms with Crippen LogP contribution in [0.15, 0.2) is 30.3 Å². The van der Waals surface area contributed by atoms with Crippen molar-refractivity contribution in [3.05, 3.63) is 35.9 Å². The second-order valence-electron chi connectivity index (χ2n) is 5.24. The van der Waals surface area contributed by atoms with E-state index in [1.807, 2.05) is 6.07 Å². The van der Waals surface area contributed by atoms with Crippen molar-refractivity contribution in [2.75, 3.05) is 6.61 Å². The summed E-state index contributed by atoms with van der Waals surface area (Å²) in [6.07, 6.45) is -4.46. The number of aliphatic hydroxyl groups is 3. The molecule has 7 nitrogen and oxygen atoms in total. The molecule has 2 fully saturated rings. The minimum atomic E-state index is -1.28. The molecule has 8 heteroatoms. The number of amides is 1. The van der Waals surface area contributed by atoms with Gasteiger partial charge in [-0.2, -0.15) is 0 Å². The van der Waals surface area contributed by atoms with Crippen LogP contribution in [0, 0.1) is 0 Å². The Morgan fingerprint density at radius 1 is 1.23 bits per heavy atom. The lowest BCUT2D eigenvalue weighted by Crippen LogP contribution is -2.46. The van der Waals surface area contributed by atoms with E-state index in [-0.39, 0.29) is 11.0 Å². The number of nitrogens with one attached hydrogen (secondary N) is 1. The Labute approximate surface area is 132 Å². The maximum atomic E-state index is 12.2. The first kappa shape index (κ1) is 15.3. The molecule has 118 valence electrons. The molecule has 0 aliphatic carbocycles. The maximum absolute atomic E-state index is 12.2. The standard InChI is InChI=1S/C14H16N2O5S/c17-6-8-10(18)11(19)13(21-8)16-9(12(20)15-14(16)22)7-4-2-1-3-5-7/h1-5,8-11,13,17-19H,6H2,(H,15,20,22)/t8-,9?,10-,11-,13-/m1/s1. The summed E-state index contributed by atoms with van der Waals surface area (Å²) in [5.41, 5.74) is 0.692. The lowest BCUT2D eigenvalue weighted by atomic mass is 10.0. The van der Waals surface area contributed by atoms with Gasteiger partial charge in [0.25, 0.3) is 5.91 Å². The number of benzene rings is 1. The van der Waals surface area contributed by atoms with Gasteiger partial charge in [0, 0.05) is 0 Å². The van der Waals surface area contributed by atoms with Crippen molar-refractivity contribution in [1.29, 1.82) is 0 Å². The van der Waals surface area contributed by atoms with Gasteiger partial charge in [-0.1, -0.05) is 30.3 Å². The van der Waals surface area contributed by atoms with Crippen LogP contribution in [0.4, 0.5) is 0 Å². The van der Waals surface area contributed by atoms with E-state index in [0.717, 1.165) is 0 Å². The number of carbonyl (C=O) groups excluding carboxylic acids is 1. The van der Waals surface area contributed by atoms with Crippen molar-refractivity contribution < 1.29 is 24.9 Å². The monoisotopic (exact) mass is 324 g/mol. The fourth-order valence-corrected chi connectivity index (χ4v) is 3.11. The largest absolute Gasteiger partial charge is 0.394 e. The molecule has 5 atom stereocenters. The highest BCUT2D eigenvalue weighted by Crippen LogP contribution is 2.34. The first-order valence-electron chi connectivity index (χ1n) is 6.85. The number of hydrogen-bond donors (Lipinski definition) is 4. The Balaban J connectivity index is 1.94. The summed E-state index contributed by atoms with van der Waals surface area (Å²) in [6.45, 7) is -0.438. The number of nitrogens with zero attached hydrogens (tertiary/aromatic N) is 1. The minimum absolute atomic E-state index is 0.119. The summed E-state index contributed by atoms with van der Waals surface area (Å²) >= 11 is 5.16. The third kappa shape index (κ3) is 2.38. The SMILES string of the molecule is O=C1NC(=S)N([C@@H]2O[C@H](CO)[C@@H](O)[C@H]2O)C1c1ccccc1. The highest BCUT2D eigenvalue weighted by atomic mass is 32.1. The summed E-state index contributed by atoms with van der Waals surface area (Å²) in [4.78, 5) is 13.6. The third-order valence-corrected chi connectivity index (χ3v) is 4.21. The highest BCUT2D eigenvalue weighted by molar-refractivity contribution is 7.80. The van der Waals surface area contributed by atoms with Gasteiger partial charge in [-0.3, -0.25) is 4.79 Å². The molecule has 0 aromatic heterocycles. The molecule has 3 rings (SSSR count). The van der Waals surface area contributed by atoms with Crippen molar-refractivity contribution in [3.8, 4) is 0 Å². The van der Waals surface area contributed by atoms with Crippen LogP contribution >= 0.6 is 12.2 Å². The zero-order chi connectivity index (χ0) is 15.9. The third-order valence-electron chi connectivity index (χ3n) is 3.90. The van der Waals surface area contributed by atoms with Gasteiger partial charge in [-0.25, -0.2) is 0 Å². The number of thiocarbonyl (C=S) groups is 1. The van der Waals surface area contributed by atoms with Crippen molar-refractivity contribution in [1.82, 2.24) is 10.2 Å². The van der Waals surface area contributed by atoms with Crippen LogP contribution in [-0.4, -0.2) is 62.4 Å². The molecular weight excluding hydrogens is 308 g/mol. The Morgan fingerprint density at radius 3 is 2.50 bits per heavy atom. The number of carbonyl (C=O) groups is 1. The van der Waals surface area contributed by atoms with E-state index in [2.05, 4.69) is 5.32 Å². The molecule has 22 heavy (non-hydrogen) atoms. The normalized spacial score (nSPS) is 35.0. The second kappa shape index (κ2) is 5.90. The topological polar surface area (TPSA) is 102 Å². The number of ether oxygens (including phenoxy) is 1. The molecule has 0 bridgehead atoms. The van der Waals surface area contributed by atoms with Crippen LogP contribution in [0.25, 0.3) is 0 Å². The van der Waals surface area contributed by atoms with Crippen LogP contribution in [0.5, 0.6) is 0 Å². The van der Waals surface area contributed by atoms with Gasteiger partial charge in [-0.15, -0.1) is 0 Å². The molecule has 2 aliphatic rings. The van der Waals surface area contributed by atoms with E-state index in [0.29, 0.717) is 5.56 Å². The van der Waals surface area contributed by atoms with Gasteiger partial charge < -0.3 is 30.3 Å². The molecule has 2 heterocycles. The van der Waals surface area contributed by atoms with Gasteiger partial charge in [0.05, 0.1) is 6.61 Å². The summed E-state index contributed by atoms with van der Waals surface area (Å²) in [7, 11) is 0. The number of rotatable bonds is 3. The Hall–Kier alpha value is -1.58. The van der Waals surface area contributed by atoms with Crippen LogP contribution < -0.4 is 5.32 Å². The Morgan fingerprint density at radius 2 is 1.91 bits per heavy atom. The average Bonchev–Trinajstić information content (AvgIpc) is 2.97. The van der Waals surface area contributed by atoms with E-state index in [9.17, 15) is 20.1 Å². The van der Waals surface area contributed by atoms with Crippen molar-refractivity contribution in [2.45, 2.75) is 30.6 Å². The Kier molecular flexibility index (Phi) is 4.11. The first-order valence-corrected chi connectivity index (χ1v) is 7.26. The zero-order valence-corrected chi connectivity index (χ0v) is 12.3. The van der Waals surface area contributed by atoms with E-state index >= 15 is 0 Å². The Bertz CT molecular complexity index is 584. The molecule has 1 aromatic carbocycles. The molecular formula is C14H16N2O5S. The van der Waals surface area contributed by atoms with Gasteiger partial charge in [0.1, 0.15) is 24.4 Å². The lowest BCUT2D eigenvalue weighted by molar-refractivity contribution is -0.126. The van der Waals surface area contributed by atoms with Gasteiger partial charge >= 0.3 is 0 Å². The van der Waals surface area contributed by atoms with Crippen LogP contribution in [0.1, 0.15) is 11.6 Å². The van der Waals surface area contributed by atoms with Crippen molar-refractivity contribution in [2.24, 2.45) is 0 Å².